The van der Waals surface area contributed by atoms with Crippen LogP contribution in [-0.2, 0) is 4.74 Å². The topological polar surface area (TPSA) is 140 Å². The van der Waals surface area contributed by atoms with Crippen molar-refractivity contribution >= 4 is 17.0 Å². The van der Waals surface area contributed by atoms with Crippen molar-refractivity contribution in [2.75, 3.05) is 5.73 Å². The predicted molar refractivity (Wildman–Crippen MR) is 69.8 cm³/mol. The Morgan fingerprint density at radius 2 is 2.10 bits per heavy atom. The Morgan fingerprint density at radius 1 is 1.29 bits per heavy atom. The molecular weight excluding hydrogens is 278 g/mol. The molecule has 5 atom stereocenters. The largest absolute Gasteiger partial charge is 0.390 e. The number of nitrogen functional groups attached to an aromatic ring is 1. The maximum Gasteiger partial charge on any atom is 0.167 e. The van der Waals surface area contributed by atoms with Gasteiger partial charge < -0.3 is 25.8 Å². The third kappa shape index (κ3) is 1.51. The number of aromatic nitrogens is 4. The first-order chi connectivity index (χ1) is 10.0. The smallest absolute Gasteiger partial charge is 0.167 e. The first-order valence-corrected chi connectivity index (χ1v) is 6.69. The van der Waals surface area contributed by atoms with Crippen LogP contribution in [0.2, 0.25) is 0 Å². The van der Waals surface area contributed by atoms with Crippen LogP contribution in [0.15, 0.2) is 12.7 Å². The van der Waals surface area contributed by atoms with Gasteiger partial charge in [-0.1, -0.05) is 0 Å². The molecule has 5 N–H and O–H groups in total. The van der Waals surface area contributed by atoms with Gasteiger partial charge in [0.15, 0.2) is 17.7 Å². The molecule has 1 unspecified atom stereocenters. The van der Waals surface area contributed by atoms with Crippen LogP contribution < -0.4 is 5.73 Å². The first-order valence-electron chi connectivity index (χ1n) is 6.69. The van der Waals surface area contributed by atoms with Crippen molar-refractivity contribution in [3.05, 3.63) is 12.7 Å². The molecule has 4 rings (SSSR count). The Balaban J connectivity index is 1.78. The van der Waals surface area contributed by atoms with Crippen molar-refractivity contribution in [2.45, 2.75) is 43.0 Å². The van der Waals surface area contributed by atoms with E-state index in [9.17, 15) is 15.3 Å². The highest BCUT2D eigenvalue weighted by Gasteiger charge is 2.63. The number of fused-ring (bicyclic) bond motifs is 1. The number of nitrogens with zero attached hydrogens (tertiary/aromatic N) is 4. The lowest BCUT2D eigenvalue weighted by molar-refractivity contribution is -0.213. The molecule has 2 aliphatic rings. The Hall–Kier alpha value is -1.81. The summed E-state index contributed by atoms with van der Waals surface area (Å²) in [5, 5.41) is 30.4. The molecule has 0 bridgehead atoms. The van der Waals surface area contributed by atoms with Crippen LogP contribution in [-0.4, -0.2) is 58.8 Å². The van der Waals surface area contributed by atoms with E-state index in [1.807, 2.05) is 0 Å². The van der Waals surface area contributed by atoms with Gasteiger partial charge in [0.1, 0.15) is 29.7 Å². The maximum atomic E-state index is 10.3. The zero-order chi connectivity index (χ0) is 14.8. The van der Waals surface area contributed by atoms with E-state index in [0.29, 0.717) is 24.0 Å². The fourth-order valence-electron chi connectivity index (χ4n) is 3.13. The van der Waals surface area contributed by atoms with Crippen molar-refractivity contribution in [3.8, 4) is 0 Å². The van der Waals surface area contributed by atoms with Gasteiger partial charge in [-0.05, 0) is 12.8 Å². The average molecular weight is 293 g/mol. The Bertz CT molecular complexity index is 706. The molecule has 1 aliphatic heterocycles. The fraction of sp³-hybridized carbons (Fsp3) is 0.583. The van der Waals surface area contributed by atoms with Crippen LogP contribution in [0.5, 0.6) is 0 Å². The third-order valence-corrected chi connectivity index (χ3v) is 4.49. The van der Waals surface area contributed by atoms with Crippen LogP contribution in [0.25, 0.3) is 11.2 Å². The highest BCUT2D eigenvalue weighted by atomic mass is 16.6. The number of rotatable bonds is 1. The molecule has 1 saturated carbocycles. The van der Waals surface area contributed by atoms with E-state index in [0.717, 1.165) is 0 Å². The molecule has 2 aromatic rings. The van der Waals surface area contributed by atoms with Crippen molar-refractivity contribution in [1.29, 1.82) is 0 Å². The second-order valence-electron chi connectivity index (χ2n) is 5.54. The molecular formula is C12H15N5O4. The molecule has 3 heterocycles. The van der Waals surface area contributed by atoms with Crippen LogP contribution in [0.4, 0.5) is 5.82 Å². The van der Waals surface area contributed by atoms with Gasteiger partial charge in [0.2, 0.25) is 0 Å². The molecule has 1 saturated heterocycles. The minimum atomic E-state index is -1.19. The van der Waals surface area contributed by atoms with E-state index < -0.39 is 30.1 Å². The lowest BCUT2D eigenvalue weighted by atomic mass is 9.73. The predicted octanol–water partition coefficient (Wildman–Crippen LogP) is -1.45. The summed E-state index contributed by atoms with van der Waals surface area (Å²) in [6.45, 7) is 0. The summed E-state index contributed by atoms with van der Waals surface area (Å²) in [5.74, 6) is 0.227. The zero-order valence-corrected chi connectivity index (χ0v) is 11.0. The lowest BCUT2D eigenvalue weighted by Gasteiger charge is -2.44. The van der Waals surface area contributed by atoms with E-state index in [-0.39, 0.29) is 5.82 Å². The fourth-order valence-corrected chi connectivity index (χ4v) is 3.13. The molecule has 1 aliphatic carbocycles. The van der Waals surface area contributed by atoms with E-state index in [4.69, 9.17) is 10.5 Å². The summed E-state index contributed by atoms with van der Waals surface area (Å²) in [6, 6.07) is 0. The van der Waals surface area contributed by atoms with Crippen molar-refractivity contribution in [2.24, 2.45) is 0 Å². The van der Waals surface area contributed by atoms with Crippen LogP contribution in [0, 0.1) is 0 Å². The second kappa shape index (κ2) is 4.10. The van der Waals surface area contributed by atoms with Gasteiger partial charge in [-0.3, -0.25) is 4.57 Å². The third-order valence-electron chi connectivity index (χ3n) is 4.49. The molecule has 9 heteroatoms. The summed E-state index contributed by atoms with van der Waals surface area (Å²) in [4.78, 5) is 12.0. The molecule has 112 valence electrons. The van der Waals surface area contributed by atoms with E-state index in [1.54, 1.807) is 0 Å². The van der Waals surface area contributed by atoms with Gasteiger partial charge in [-0.2, -0.15) is 0 Å². The minimum Gasteiger partial charge on any atom is -0.390 e. The highest BCUT2D eigenvalue weighted by Crippen LogP contribution is 2.49. The number of aliphatic hydroxyl groups is 3. The van der Waals surface area contributed by atoms with Gasteiger partial charge >= 0.3 is 0 Å². The summed E-state index contributed by atoms with van der Waals surface area (Å²) < 4.78 is 7.29. The lowest BCUT2D eigenvalue weighted by Crippen LogP contribution is -2.59. The van der Waals surface area contributed by atoms with Gasteiger partial charge in [0.25, 0.3) is 0 Å². The molecule has 0 aromatic carbocycles. The quantitative estimate of drug-likeness (QED) is 0.501. The van der Waals surface area contributed by atoms with E-state index in [2.05, 4.69) is 15.0 Å². The van der Waals surface area contributed by atoms with Gasteiger partial charge in [0.05, 0.1) is 12.4 Å². The van der Waals surface area contributed by atoms with E-state index >= 15 is 0 Å². The molecule has 9 nitrogen and oxygen atoms in total. The number of aliphatic hydroxyl groups excluding tert-OH is 3. The molecule has 2 fully saturated rings. The monoisotopic (exact) mass is 293 g/mol. The molecule has 1 spiro atoms. The van der Waals surface area contributed by atoms with E-state index in [1.165, 1.54) is 17.2 Å². The summed E-state index contributed by atoms with van der Waals surface area (Å²) >= 11 is 0. The van der Waals surface area contributed by atoms with Crippen molar-refractivity contribution in [3.63, 3.8) is 0 Å². The van der Waals surface area contributed by atoms with Crippen LogP contribution in [0.3, 0.4) is 0 Å². The van der Waals surface area contributed by atoms with Crippen LogP contribution in [0.1, 0.15) is 19.1 Å². The maximum absolute atomic E-state index is 10.3. The first kappa shape index (κ1) is 12.9. The molecule has 0 radical (unpaired) electrons. The number of imidazole rings is 1. The standard InChI is InChI=1S/C12H15N5O4/c13-9-6-10(15-3-14-9)17(4-16-6)11-7(19)8(20)12(21-11)2-1-5(12)18/h3-5,7-8,11,18-20H,1-2H2,(H2,13,14,15)/t5-,7?,8-,11-,12+/m1/s1. The van der Waals surface area contributed by atoms with Crippen molar-refractivity contribution < 1.29 is 20.1 Å². The highest BCUT2D eigenvalue weighted by molar-refractivity contribution is 5.81. The molecule has 2 aromatic heterocycles. The van der Waals surface area contributed by atoms with Crippen LogP contribution >= 0.6 is 0 Å². The van der Waals surface area contributed by atoms with Gasteiger partial charge in [0, 0.05) is 0 Å². The zero-order valence-electron chi connectivity index (χ0n) is 11.0. The number of hydrogen-bond donors (Lipinski definition) is 4. The number of anilines is 1. The Labute approximate surface area is 119 Å². The number of nitrogens with two attached hydrogens (primary N) is 1. The summed E-state index contributed by atoms with van der Waals surface area (Å²) in [6.07, 6.45) is -0.266. The Morgan fingerprint density at radius 3 is 2.71 bits per heavy atom. The summed E-state index contributed by atoms with van der Waals surface area (Å²) in [7, 11) is 0. The SMILES string of the molecule is Nc1ncnc2c1ncn2[C@@H]1O[C@]2(CC[C@H]2O)[C@H](O)C1O. The van der Waals surface area contributed by atoms with Gasteiger partial charge in [-0.25, -0.2) is 15.0 Å². The second-order valence-corrected chi connectivity index (χ2v) is 5.54. The molecule has 0 amide bonds. The molecule has 21 heavy (non-hydrogen) atoms. The number of hydrogen-bond acceptors (Lipinski definition) is 8. The summed E-state index contributed by atoms with van der Waals surface area (Å²) in [5.41, 5.74) is 5.42. The normalized spacial score (nSPS) is 39.0. The van der Waals surface area contributed by atoms with Gasteiger partial charge in [-0.15, -0.1) is 0 Å². The average Bonchev–Trinajstić information content (AvgIpc) is 3.01. The Kier molecular flexibility index (Phi) is 2.52. The number of ether oxygens (including phenoxy) is 1. The minimum absolute atomic E-state index is 0.227. The van der Waals surface area contributed by atoms with Crippen molar-refractivity contribution in [1.82, 2.24) is 19.5 Å².